The zero-order valence-corrected chi connectivity index (χ0v) is 21.2. The molecule has 0 atom stereocenters. The van der Waals surface area contributed by atoms with Crippen molar-refractivity contribution in [1.29, 1.82) is 0 Å². The summed E-state index contributed by atoms with van der Waals surface area (Å²) in [5, 5.41) is -0.558. The lowest BCUT2D eigenvalue weighted by Crippen LogP contribution is -2.18. The molecule has 2 aliphatic rings. The molecule has 4 rings (SSSR count). The summed E-state index contributed by atoms with van der Waals surface area (Å²) in [7, 11) is 0. The summed E-state index contributed by atoms with van der Waals surface area (Å²) in [5.74, 6) is 0.905. The highest BCUT2D eigenvalue weighted by Crippen LogP contribution is 2.41. The van der Waals surface area contributed by atoms with Gasteiger partial charge in [-0.1, -0.05) is 88.4 Å². The van der Waals surface area contributed by atoms with E-state index < -0.39 is 22.5 Å². The molecule has 0 saturated heterocycles. The largest absolute Gasteiger partial charge is 0.206 e. The van der Waals surface area contributed by atoms with E-state index >= 15 is 0 Å². The van der Waals surface area contributed by atoms with Crippen LogP contribution in [0.1, 0.15) is 102 Å². The third-order valence-electron chi connectivity index (χ3n) is 8.52. The molecule has 186 valence electrons. The summed E-state index contributed by atoms with van der Waals surface area (Å²) < 4.78 is 42.5. The molecule has 0 N–H and O–H groups in total. The highest BCUT2D eigenvalue weighted by Gasteiger charge is 2.26. The zero-order chi connectivity index (χ0) is 24.1. The van der Waals surface area contributed by atoms with Crippen molar-refractivity contribution in [3.8, 4) is 11.1 Å². The highest BCUT2D eigenvalue weighted by atomic mass is 35.5. The first-order valence-electron chi connectivity index (χ1n) is 13.4. The summed E-state index contributed by atoms with van der Waals surface area (Å²) in [6.45, 7) is 2.29. The maximum atomic E-state index is 14.9. The molecule has 0 heterocycles. The van der Waals surface area contributed by atoms with Crippen molar-refractivity contribution in [3.05, 3.63) is 58.4 Å². The van der Waals surface area contributed by atoms with Crippen molar-refractivity contribution in [1.82, 2.24) is 0 Å². The fourth-order valence-electron chi connectivity index (χ4n) is 6.29. The molecule has 0 radical (unpaired) electrons. The summed E-state index contributed by atoms with van der Waals surface area (Å²) in [6.07, 6.45) is 17.2. The molecule has 2 saturated carbocycles. The van der Waals surface area contributed by atoms with E-state index in [1.165, 1.54) is 70.6 Å². The average Bonchev–Trinajstić information content (AvgIpc) is 2.85. The Morgan fingerprint density at radius 2 is 1.24 bits per heavy atom. The molecule has 0 bridgehead atoms. The maximum absolute atomic E-state index is 14.9. The van der Waals surface area contributed by atoms with Crippen molar-refractivity contribution >= 4 is 11.6 Å². The Bertz CT molecular complexity index is 917. The molecule has 0 spiro atoms. The molecular formula is C30H38ClF3. The molecule has 4 heteroatoms. The number of unbranched alkanes of at least 4 members (excludes halogenated alkanes) is 1. The van der Waals surface area contributed by atoms with Crippen molar-refractivity contribution in [3.63, 3.8) is 0 Å². The van der Waals surface area contributed by atoms with Crippen molar-refractivity contribution < 1.29 is 13.2 Å². The Morgan fingerprint density at radius 1 is 0.706 bits per heavy atom. The SMILES string of the molecule is CCCCC1CCC(CCC2CCC(c3ccc(-c4cc(F)c(Cl)c(F)c4)c(F)c3)CC2)CC1. The number of benzene rings is 2. The van der Waals surface area contributed by atoms with E-state index in [0.29, 0.717) is 5.92 Å². The van der Waals surface area contributed by atoms with Gasteiger partial charge in [0.1, 0.15) is 22.5 Å². The van der Waals surface area contributed by atoms with Crippen LogP contribution in [0, 0.1) is 35.2 Å². The quantitative estimate of drug-likeness (QED) is 0.323. The van der Waals surface area contributed by atoms with Gasteiger partial charge in [-0.25, -0.2) is 13.2 Å². The molecule has 0 nitrogen and oxygen atoms in total. The van der Waals surface area contributed by atoms with Gasteiger partial charge in [0.2, 0.25) is 0 Å². The van der Waals surface area contributed by atoms with Crippen molar-refractivity contribution in [2.45, 2.75) is 96.3 Å². The number of hydrogen-bond acceptors (Lipinski definition) is 0. The fraction of sp³-hybridized carbons (Fsp3) is 0.600. The molecule has 2 aromatic rings. The predicted molar refractivity (Wildman–Crippen MR) is 136 cm³/mol. The Hall–Kier alpha value is -1.48. The lowest BCUT2D eigenvalue weighted by Gasteiger charge is -2.32. The van der Waals surface area contributed by atoms with Crippen LogP contribution >= 0.6 is 11.6 Å². The predicted octanol–water partition coefficient (Wildman–Crippen LogP) is 10.5. The first-order chi connectivity index (χ1) is 16.4. The average molecular weight is 491 g/mol. The summed E-state index contributed by atoms with van der Waals surface area (Å²) >= 11 is 5.56. The van der Waals surface area contributed by atoms with Crippen LogP contribution in [0.2, 0.25) is 5.02 Å². The Balaban J connectivity index is 1.26. The minimum absolute atomic E-state index is 0.173. The second-order valence-corrected chi connectivity index (χ2v) is 11.2. The van der Waals surface area contributed by atoms with Gasteiger partial charge in [-0.05, 0) is 78.7 Å². The summed E-state index contributed by atoms with van der Waals surface area (Å²) in [4.78, 5) is 0. The third-order valence-corrected chi connectivity index (χ3v) is 8.88. The number of halogens is 4. The molecule has 0 aromatic heterocycles. The van der Waals surface area contributed by atoms with E-state index in [-0.39, 0.29) is 11.1 Å². The first kappa shape index (κ1) is 25.6. The van der Waals surface area contributed by atoms with Crippen LogP contribution in [0.3, 0.4) is 0 Å². The zero-order valence-electron chi connectivity index (χ0n) is 20.4. The van der Waals surface area contributed by atoms with Gasteiger partial charge in [-0.15, -0.1) is 0 Å². The maximum Gasteiger partial charge on any atom is 0.145 e. The van der Waals surface area contributed by atoms with Gasteiger partial charge in [-0.2, -0.15) is 0 Å². The molecule has 0 aliphatic heterocycles. The summed E-state index contributed by atoms with van der Waals surface area (Å²) in [6, 6.07) is 7.31. The van der Waals surface area contributed by atoms with E-state index in [4.69, 9.17) is 11.6 Å². The van der Waals surface area contributed by atoms with Gasteiger partial charge < -0.3 is 0 Å². The van der Waals surface area contributed by atoms with Crippen LogP contribution in [-0.4, -0.2) is 0 Å². The molecule has 0 unspecified atom stereocenters. The molecule has 0 amide bonds. The van der Waals surface area contributed by atoms with Crippen LogP contribution in [0.15, 0.2) is 30.3 Å². The van der Waals surface area contributed by atoms with E-state index in [1.54, 1.807) is 12.1 Å². The fourth-order valence-corrected chi connectivity index (χ4v) is 6.40. The van der Waals surface area contributed by atoms with Gasteiger partial charge in [0.25, 0.3) is 0 Å². The Morgan fingerprint density at radius 3 is 1.76 bits per heavy atom. The van der Waals surface area contributed by atoms with Crippen LogP contribution in [0.4, 0.5) is 13.2 Å². The molecule has 34 heavy (non-hydrogen) atoms. The second-order valence-electron chi connectivity index (χ2n) is 10.8. The smallest absolute Gasteiger partial charge is 0.145 e. The summed E-state index contributed by atoms with van der Waals surface area (Å²) in [5.41, 5.74) is 1.38. The van der Waals surface area contributed by atoms with Gasteiger partial charge in [0.05, 0.1) is 0 Å². The van der Waals surface area contributed by atoms with Gasteiger partial charge in [0, 0.05) is 5.56 Å². The molecular weight excluding hydrogens is 453 g/mol. The first-order valence-corrected chi connectivity index (χ1v) is 13.8. The van der Waals surface area contributed by atoms with Crippen molar-refractivity contribution in [2.24, 2.45) is 17.8 Å². The van der Waals surface area contributed by atoms with Crippen LogP contribution in [0.5, 0.6) is 0 Å². The Kier molecular flexibility index (Phi) is 9.02. The van der Waals surface area contributed by atoms with Gasteiger partial charge in [-0.3, -0.25) is 0 Å². The van der Waals surface area contributed by atoms with Gasteiger partial charge >= 0.3 is 0 Å². The van der Waals surface area contributed by atoms with E-state index in [9.17, 15) is 13.2 Å². The minimum Gasteiger partial charge on any atom is -0.206 e. The lowest BCUT2D eigenvalue weighted by molar-refractivity contribution is 0.222. The third kappa shape index (κ3) is 6.39. The minimum atomic E-state index is -0.872. The lowest BCUT2D eigenvalue weighted by atomic mass is 9.74. The highest BCUT2D eigenvalue weighted by molar-refractivity contribution is 6.31. The monoisotopic (exact) mass is 490 g/mol. The normalized spacial score (nSPS) is 25.4. The number of rotatable bonds is 8. The van der Waals surface area contributed by atoms with Crippen LogP contribution in [-0.2, 0) is 0 Å². The topological polar surface area (TPSA) is 0 Å². The van der Waals surface area contributed by atoms with E-state index in [0.717, 1.165) is 48.3 Å². The van der Waals surface area contributed by atoms with Crippen molar-refractivity contribution in [2.75, 3.05) is 0 Å². The number of hydrogen-bond donors (Lipinski definition) is 0. The van der Waals surface area contributed by atoms with Crippen LogP contribution in [0.25, 0.3) is 11.1 Å². The Labute approximate surface area is 208 Å². The molecule has 2 aliphatic carbocycles. The van der Waals surface area contributed by atoms with E-state index in [2.05, 4.69) is 6.92 Å². The molecule has 2 fully saturated rings. The van der Waals surface area contributed by atoms with Crippen LogP contribution < -0.4 is 0 Å². The van der Waals surface area contributed by atoms with E-state index in [1.807, 2.05) is 6.07 Å². The molecule has 2 aromatic carbocycles. The van der Waals surface area contributed by atoms with Gasteiger partial charge in [0.15, 0.2) is 0 Å². The standard InChI is InChI=1S/C30H38ClF3/c1-2-3-4-20-5-7-21(8-6-20)9-10-22-11-13-23(14-12-22)24-15-16-26(27(32)17-24)25-18-28(33)30(31)29(34)19-25/h15-23H,2-14H2,1H3. The second kappa shape index (κ2) is 12.0.